The van der Waals surface area contributed by atoms with E-state index >= 15 is 0 Å². The Labute approximate surface area is 165 Å². The summed E-state index contributed by atoms with van der Waals surface area (Å²) in [5.74, 6) is 0.421. The molecule has 0 N–H and O–H groups in total. The molecule has 1 saturated heterocycles. The van der Waals surface area contributed by atoms with Crippen LogP contribution in [0.4, 0.5) is 4.79 Å². The van der Waals surface area contributed by atoms with Crippen LogP contribution in [0.3, 0.4) is 0 Å². The quantitative estimate of drug-likeness (QED) is 0.588. The van der Waals surface area contributed by atoms with E-state index in [4.69, 9.17) is 4.74 Å². The lowest BCUT2D eigenvalue weighted by Gasteiger charge is -2.13. The maximum Gasteiger partial charge on any atom is 0.293 e. The van der Waals surface area contributed by atoms with Gasteiger partial charge in [0.05, 0.1) is 17.6 Å². The van der Waals surface area contributed by atoms with E-state index in [-0.39, 0.29) is 23.8 Å². The van der Waals surface area contributed by atoms with Crippen molar-refractivity contribution in [2.75, 3.05) is 0 Å². The highest BCUT2D eigenvalue weighted by Gasteiger charge is 2.35. The maximum atomic E-state index is 12.7. The number of nitrogens with zero attached hydrogens (tertiary/aromatic N) is 1. The Hall–Kier alpha value is -2.05. The lowest BCUT2D eigenvalue weighted by atomic mass is 10.1. The summed E-state index contributed by atoms with van der Waals surface area (Å²) in [6.07, 6.45) is 1.75. The molecule has 1 fully saturated rings. The molecule has 0 bridgehead atoms. The van der Waals surface area contributed by atoms with Gasteiger partial charge in [-0.2, -0.15) is 0 Å². The number of amides is 2. The van der Waals surface area contributed by atoms with Crippen molar-refractivity contribution in [1.29, 1.82) is 0 Å². The van der Waals surface area contributed by atoms with Gasteiger partial charge >= 0.3 is 0 Å². The average molecular weight is 432 g/mol. The molecule has 134 valence electrons. The lowest BCUT2D eigenvalue weighted by molar-refractivity contribution is -0.123. The minimum atomic E-state index is -0.276. The van der Waals surface area contributed by atoms with Gasteiger partial charge in [-0.1, -0.05) is 46.3 Å². The number of para-hydroxylation sites is 1. The van der Waals surface area contributed by atoms with Crippen LogP contribution < -0.4 is 4.74 Å². The molecular formula is C20H18BrNO3S. The third-order valence-electron chi connectivity index (χ3n) is 3.70. The van der Waals surface area contributed by atoms with Crippen LogP contribution in [-0.2, 0) is 11.3 Å². The van der Waals surface area contributed by atoms with Crippen molar-refractivity contribution < 1.29 is 14.3 Å². The van der Waals surface area contributed by atoms with Crippen LogP contribution in [0.1, 0.15) is 25.0 Å². The van der Waals surface area contributed by atoms with Crippen molar-refractivity contribution in [3.63, 3.8) is 0 Å². The average Bonchev–Trinajstić information content (AvgIpc) is 2.85. The van der Waals surface area contributed by atoms with Crippen LogP contribution in [0, 0.1) is 0 Å². The number of ether oxygens (including phenoxy) is 1. The standard InChI is InChI=1S/C20H18BrNO3S/c1-13(2)25-17-6-4-3-5-15(17)11-18-19(23)22(20(24)26-18)12-14-7-9-16(21)10-8-14/h3-11,13H,12H2,1-2H3/b18-11-. The van der Waals surface area contributed by atoms with Gasteiger partial charge in [0.1, 0.15) is 5.75 Å². The number of hydrogen-bond donors (Lipinski definition) is 0. The van der Waals surface area contributed by atoms with E-state index in [0.29, 0.717) is 10.7 Å². The normalized spacial score (nSPS) is 16.0. The molecule has 0 spiro atoms. The summed E-state index contributed by atoms with van der Waals surface area (Å²) in [6.45, 7) is 4.16. The Morgan fingerprint density at radius 2 is 1.81 bits per heavy atom. The summed E-state index contributed by atoms with van der Waals surface area (Å²) in [5.41, 5.74) is 1.69. The van der Waals surface area contributed by atoms with Gasteiger partial charge in [-0.15, -0.1) is 0 Å². The summed E-state index contributed by atoms with van der Waals surface area (Å²) in [7, 11) is 0. The second-order valence-corrected chi connectivity index (χ2v) is 8.01. The largest absolute Gasteiger partial charge is 0.490 e. The van der Waals surface area contributed by atoms with E-state index < -0.39 is 0 Å². The first-order chi connectivity index (χ1) is 12.4. The van der Waals surface area contributed by atoms with Crippen molar-refractivity contribution in [2.45, 2.75) is 26.5 Å². The number of benzene rings is 2. The lowest BCUT2D eigenvalue weighted by Crippen LogP contribution is -2.27. The first-order valence-corrected chi connectivity index (χ1v) is 9.80. The third-order valence-corrected chi connectivity index (χ3v) is 5.13. The van der Waals surface area contributed by atoms with E-state index in [0.717, 1.165) is 27.4 Å². The van der Waals surface area contributed by atoms with Gasteiger partial charge in [-0.3, -0.25) is 14.5 Å². The van der Waals surface area contributed by atoms with Gasteiger partial charge in [-0.25, -0.2) is 0 Å². The molecule has 3 rings (SSSR count). The second-order valence-electron chi connectivity index (χ2n) is 6.10. The Morgan fingerprint density at radius 1 is 1.12 bits per heavy atom. The fourth-order valence-corrected chi connectivity index (χ4v) is 3.60. The van der Waals surface area contributed by atoms with E-state index in [1.807, 2.05) is 62.4 Å². The maximum absolute atomic E-state index is 12.7. The fraction of sp³-hybridized carbons (Fsp3) is 0.200. The highest BCUT2D eigenvalue weighted by molar-refractivity contribution is 9.10. The third kappa shape index (κ3) is 4.37. The van der Waals surface area contributed by atoms with Gasteiger partial charge in [-0.05, 0) is 55.4 Å². The molecule has 4 nitrogen and oxygen atoms in total. The number of rotatable bonds is 5. The van der Waals surface area contributed by atoms with E-state index in [1.54, 1.807) is 6.08 Å². The molecule has 1 aliphatic heterocycles. The molecule has 26 heavy (non-hydrogen) atoms. The molecule has 2 aromatic carbocycles. The first kappa shape index (κ1) is 18.7. The molecule has 0 atom stereocenters. The zero-order chi connectivity index (χ0) is 18.7. The van der Waals surface area contributed by atoms with Crippen LogP contribution in [0.5, 0.6) is 5.75 Å². The molecule has 0 unspecified atom stereocenters. The summed E-state index contributed by atoms with van der Waals surface area (Å²) < 4.78 is 6.74. The van der Waals surface area contributed by atoms with Crippen molar-refractivity contribution in [3.8, 4) is 5.75 Å². The smallest absolute Gasteiger partial charge is 0.293 e. The SMILES string of the molecule is CC(C)Oc1ccccc1/C=C1\SC(=O)N(Cc2ccc(Br)cc2)C1=O. The number of halogens is 1. The molecule has 2 aromatic rings. The van der Waals surface area contributed by atoms with Gasteiger partial charge < -0.3 is 4.74 Å². The van der Waals surface area contributed by atoms with Crippen molar-refractivity contribution >= 4 is 44.9 Å². The first-order valence-electron chi connectivity index (χ1n) is 8.19. The molecule has 0 aromatic heterocycles. The molecule has 0 aliphatic carbocycles. The van der Waals surface area contributed by atoms with Crippen molar-refractivity contribution in [2.24, 2.45) is 0 Å². The number of thioether (sulfide) groups is 1. The van der Waals surface area contributed by atoms with Gasteiger partial charge in [0.15, 0.2) is 0 Å². The predicted molar refractivity (Wildman–Crippen MR) is 108 cm³/mol. The highest BCUT2D eigenvalue weighted by Crippen LogP contribution is 2.35. The zero-order valence-corrected chi connectivity index (χ0v) is 16.8. The topological polar surface area (TPSA) is 46.6 Å². The molecule has 2 amide bonds. The Bertz CT molecular complexity index is 862. The number of carbonyl (C=O) groups excluding carboxylic acids is 2. The molecule has 0 saturated carbocycles. The van der Waals surface area contributed by atoms with Crippen LogP contribution in [0.15, 0.2) is 57.9 Å². The zero-order valence-electron chi connectivity index (χ0n) is 14.4. The fourth-order valence-electron chi connectivity index (χ4n) is 2.51. The molecular weight excluding hydrogens is 414 g/mol. The monoisotopic (exact) mass is 431 g/mol. The van der Waals surface area contributed by atoms with Gasteiger partial charge in [0, 0.05) is 10.0 Å². The van der Waals surface area contributed by atoms with E-state index in [1.165, 1.54) is 4.90 Å². The van der Waals surface area contributed by atoms with Crippen molar-refractivity contribution in [1.82, 2.24) is 4.90 Å². The van der Waals surface area contributed by atoms with E-state index in [9.17, 15) is 9.59 Å². The van der Waals surface area contributed by atoms with Crippen molar-refractivity contribution in [3.05, 3.63) is 69.0 Å². The Kier molecular flexibility index (Phi) is 5.84. The highest BCUT2D eigenvalue weighted by atomic mass is 79.9. The van der Waals surface area contributed by atoms with Crippen LogP contribution in [-0.4, -0.2) is 22.2 Å². The molecule has 1 aliphatic rings. The van der Waals surface area contributed by atoms with Crippen LogP contribution >= 0.6 is 27.7 Å². The minimum Gasteiger partial charge on any atom is -0.490 e. The summed E-state index contributed by atoms with van der Waals surface area (Å²) in [5, 5.41) is -0.258. The number of imide groups is 1. The number of hydrogen-bond acceptors (Lipinski definition) is 4. The summed E-state index contributed by atoms with van der Waals surface area (Å²) in [6, 6.07) is 15.1. The predicted octanol–water partition coefficient (Wildman–Crippen LogP) is 5.47. The summed E-state index contributed by atoms with van der Waals surface area (Å²) in [4.78, 5) is 26.7. The second kappa shape index (κ2) is 8.10. The molecule has 0 radical (unpaired) electrons. The van der Waals surface area contributed by atoms with Gasteiger partial charge in [0.2, 0.25) is 0 Å². The Morgan fingerprint density at radius 3 is 2.50 bits per heavy atom. The Balaban J connectivity index is 1.82. The summed E-state index contributed by atoms with van der Waals surface area (Å²) >= 11 is 4.34. The number of carbonyl (C=O) groups is 2. The molecule has 6 heteroatoms. The van der Waals surface area contributed by atoms with Crippen LogP contribution in [0.2, 0.25) is 0 Å². The van der Waals surface area contributed by atoms with Crippen LogP contribution in [0.25, 0.3) is 6.08 Å². The van der Waals surface area contributed by atoms with E-state index in [2.05, 4.69) is 15.9 Å². The minimum absolute atomic E-state index is 0.0250. The van der Waals surface area contributed by atoms with Gasteiger partial charge in [0.25, 0.3) is 11.1 Å². The molecule has 1 heterocycles.